The van der Waals surface area contributed by atoms with Crippen molar-refractivity contribution < 1.29 is 57.4 Å². The van der Waals surface area contributed by atoms with Gasteiger partial charge in [0.05, 0.1) is 75.0 Å². The van der Waals surface area contributed by atoms with E-state index in [1.165, 1.54) is 16.2 Å². The number of rotatable bonds is 31. The summed E-state index contributed by atoms with van der Waals surface area (Å²) in [6.45, 7) is 19.8. The largest absolute Gasteiger partial charge is 0.491 e. The summed E-state index contributed by atoms with van der Waals surface area (Å²) >= 11 is 1.52. The normalized spacial score (nSPS) is 16.2. The van der Waals surface area contributed by atoms with Crippen LogP contribution in [0.3, 0.4) is 0 Å². The van der Waals surface area contributed by atoms with E-state index in [9.17, 15) is 29.1 Å². The van der Waals surface area contributed by atoms with Gasteiger partial charge in [0.1, 0.15) is 36.8 Å². The van der Waals surface area contributed by atoms with Crippen LogP contribution in [0.5, 0.6) is 11.5 Å². The zero-order valence-corrected chi connectivity index (χ0v) is 53.0. The molecule has 21 heteroatoms. The highest BCUT2D eigenvalue weighted by Crippen LogP contribution is 2.36. The van der Waals surface area contributed by atoms with Gasteiger partial charge in [0.2, 0.25) is 11.8 Å². The number of nitrogens with zero attached hydrogens (tertiary/aromatic N) is 4. The number of pyridine rings is 1. The number of carbonyl (C=O) groups is 4. The second kappa shape index (κ2) is 31.8. The Labute approximate surface area is 525 Å². The van der Waals surface area contributed by atoms with Crippen molar-refractivity contribution in [3.8, 4) is 33.1 Å². The molecule has 0 aliphatic carbocycles. The van der Waals surface area contributed by atoms with Crippen molar-refractivity contribution in [2.24, 2.45) is 5.92 Å². The molecule has 3 aliphatic heterocycles. The molecule has 4 N–H and O–H groups in total. The molecule has 3 atom stereocenters. The fourth-order valence-corrected chi connectivity index (χ4v) is 12.7. The lowest BCUT2D eigenvalue weighted by molar-refractivity contribution is -0.143. The lowest BCUT2D eigenvalue weighted by Crippen LogP contribution is -2.55. The smallest absolute Gasteiger partial charge is 0.255 e. The number of likely N-dealkylation sites (tertiary alicyclic amines) is 1. The van der Waals surface area contributed by atoms with Crippen molar-refractivity contribution >= 4 is 40.7 Å². The maximum absolute atomic E-state index is 14.3. The van der Waals surface area contributed by atoms with Gasteiger partial charge in [-0.25, -0.2) is 4.98 Å². The highest BCUT2D eigenvalue weighted by molar-refractivity contribution is 7.13. The number of ether oxygens (including phenoxy) is 7. The summed E-state index contributed by atoms with van der Waals surface area (Å²) in [6, 6.07) is 25.5. The average molecular weight is 1240 g/mol. The number of carbonyl (C=O) groups excluding carboxylic acids is 4. The zero-order valence-electron chi connectivity index (χ0n) is 52.2. The summed E-state index contributed by atoms with van der Waals surface area (Å²) in [5.41, 5.74) is 12.0. The molecule has 1 unspecified atom stereocenters. The van der Waals surface area contributed by atoms with E-state index in [1.807, 2.05) is 108 Å². The number of amides is 4. The fourth-order valence-electron chi connectivity index (χ4n) is 11.9. The minimum atomic E-state index is -0.922. The summed E-state index contributed by atoms with van der Waals surface area (Å²) in [6.07, 6.45) is 0.994. The lowest BCUT2D eigenvalue weighted by atomic mass is 9.95. The lowest BCUT2D eigenvalue weighted by Gasteiger charge is -2.37. The number of hydrogen-bond acceptors (Lipinski definition) is 16. The summed E-state index contributed by atoms with van der Waals surface area (Å²) in [5.74, 6) is -0.214. The van der Waals surface area contributed by atoms with E-state index in [1.54, 1.807) is 22.5 Å². The molecular weight excluding hydrogens is 1150 g/mol. The van der Waals surface area contributed by atoms with Crippen LogP contribution < -0.4 is 30.6 Å². The highest BCUT2D eigenvalue weighted by atomic mass is 32.1. The molecule has 89 heavy (non-hydrogen) atoms. The molecule has 4 aromatic carbocycles. The van der Waals surface area contributed by atoms with E-state index < -0.39 is 24.1 Å². The number of anilines is 1. The Hall–Kier alpha value is -7.50. The van der Waals surface area contributed by atoms with Crippen molar-refractivity contribution in [2.75, 3.05) is 97.3 Å². The van der Waals surface area contributed by atoms with Crippen LogP contribution in [-0.4, -0.2) is 165 Å². The van der Waals surface area contributed by atoms with Crippen LogP contribution in [0, 0.1) is 33.6 Å². The van der Waals surface area contributed by atoms with Gasteiger partial charge < -0.3 is 68.6 Å². The number of nitrogens with one attached hydrogen (secondary N) is 3. The number of aryl methyl sites for hydroxylation is 3. The van der Waals surface area contributed by atoms with E-state index in [4.69, 9.17) is 33.2 Å². The van der Waals surface area contributed by atoms with Gasteiger partial charge in [0.25, 0.3) is 17.4 Å². The predicted molar refractivity (Wildman–Crippen MR) is 341 cm³/mol. The summed E-state index contributed by atoms with van der Waals surface area (Å²) in [4.78, 5) is 82.1. The number of aliphatic hydroxyl groups is 1. The molecule has 2 saturated heterocycles. The van der Waals surface area contributed by atoms with E-state index in [-0.39, 0.29) is 74.5 Å². The predicted octanol–water partition coefficient (Wildman–Crippen LogP) is 8.12. The van der Waals surface area contributed by atoms with E-state index >= 15 is 0 Å². The first-order valence-corrected chi connectivity index (χ1v) is 31.8. The Morgan fingerprint density at radius 1 is 0.787 bits per heavy atom. The number of benzene rings is 4. The number of H-pyrrole nitrogens is 1. The number of aromatic nitrogens is 2. The van der Waals surface area contributed by atoms with Crippen molar-refractivity contribution in [3.63, 3.8) is 0 Å². The van der Waals surface area contributed by atoms with Crippen LogP contribution in [0.25, 0.3) is 21.6 Å². The number of aromatic amines is 1. The summed E-state index contributed by atoms with van der Waals surface area (Å²) < 4.78 is 41.0. The summed E-state index contributed by atoms with van der Waals surface area (Å²) in [7, 11) is 0. The first-order valence-electron chi connectivity index (χ1n) is 30.9. The molecular formula is C68H85N7O13S. The van der Waals surface area contributed by atoms with Crippen molar-refractivity contribution in [1.29, 1.82) is 0 Å². The molecule has 3 aliphatic rings. The van der Waals surface area contributed by atoms with Crippen LogP contribution in [0.15, 0.2) is 95.2 Å². The molecule has 2 aromatic heterocycles. The molecule has 476 valence electrons. The minimum absolute atomic E-state index is 0.00933. The van der Waals surface area contributed by atoms with Gasteiger partial charge in [-0.05, 0) is 129 Å². The maximum atomic E-state index is 14.3. The minimum Gasteiger partial charge on any atom is -0.491 e. The molecule has 20 nitrogen and oxygen atoms in total. The second-order valence-corrected chi connectivity index (χ2v) is 23.9. The van der Waals surface area contributed by atoms with Crippen LogP contribution in [-0.2, 0) is 52.9 Å². The van der Waals surface area contributed by atoms with Gasteiger partial charge in [-0.15, -0.1) is 11.3 Å². The van der Waals surface area contributed by atoms with Crippen molar-refractivity contribution in [2.45, 2.75) is 112 Å². The first kappa shape index (κ1) is 65.9. The molecule has 0 radical (unpaired) electrons. The van der Waals surface area contributed by atoms with Crippen LogP contribution in [0.4, 0.5) is 5.69 Å². The molecule has 0 bridgehead atoms. The van der Waals surface area contributed by atoms with Gasteiger partial charge in [-0.2, -0.15) is 0 Å². The second-order valence-electron chi connectivity index (χ2n) is 23.1. The molecule has 0 saturated carbocycles. The molecule has 5 heterocycles. The third-order valence-corrected chi connectivity index (χ3v) is 17.6. The van der Waals surface area contributed by atoms with Gasteiger partial charge >= 0.3 is 0 Å². The summed E-state index contributed by atoms with van der Waals surface area (Å²) in [5, 5.41) is 16.8. The fraction of sp³-hybridized carbons (Fsp3) is 0.471. The third kappa shape index (κ3) is 16.9. The van der Waals surface area contributed by atoms with E-state index in [0.29, 0.717) is 101 Å². The number of β-amino-alcohol motifs (C(OH)–C–C–N with tert-alkyl or cyclic N) is 1. The monoisotopic (exact) mass is 1240 g/mol. The Morgan fingerprint density at radius 2 is 1.45 bits per heavy atom. The average Bonchev–Trinajstić information content (AvgIpc) is 1.82. The Balaban J connectivity index is 0.670. The molecule has 0 spiro atoms. The molecule has 6 aromatic rings. The quantitative estimate of drug-likeness (QED) is 0.0301. The van der Waals surface area contributed by atoms with Crippen molar-refractivity contribution in [3.05, 3.63) is 151 Å². The first-order chi connectivity index (χ1) is 43.1. The van der Waals surface area contributed by atoms with E-state index in [2.05, 4.69) is 38.5 Å². The Kier molecular flexibility index (Phi) is 23.6. The zero-order chi connectivity index (χ0) is 63.0. The number of aliphatic hydroxyl groups excluding tert-OH is 1. The number of fused-ring (bicyclic) bond motifs is 1. The SMILES string of the molecule is CCN(c1cc(-c2ccc(OCCOCCOCCOCCOCCOc3cc(-c4scnc4C)ccc3CNC(=O)[C@@H]3C[C@@H](O)CN3C(=O)C(C(C)C)N3Cc4ccccc4C3=O)cc2)cc(C(=O)NCc2c(C)cc(C)[nH]c2=O)c1C)C1CCOCC1. The highest BCUT2D eigenvalue weighted by Gasteiger charge is 2.46. The maximum Gasteiger partial charge on any atom is 0.255 e. The van der Waals surface area contributed by atoms with Crippen LogP contribution in [0.2, 0.25) is 0 Å². The topological polar surface area (TPSA) is 233 Å². The molecule has 4 amide bonds. The number of thiazole rings is 1. The van der Waals surface area contributed by atoms with Crippen LogP contribution in [0.1, 0.15) is 100.0 Å². The van der Waals surface area contributed by atoms with Gasteiger partial charge in [-0.1, -0.05) is 56.3 Å². The third-order valence-electron chi connectivity index (χ3n) is 16.6. The molecule has 2 fully saturated rings. The number of hydrogen-bond donors (Lipinski definition) is 4. The van der Waals surface area contributed by atoms with Gasteiger partial charge in [-0.3, -0.25) is 24.0 Å². The Morgan fingerprint density at radius 3 is 2.09 bits per heavy atom. The van der Waals surface area contributed by atoms with Gasteiger partial charge in [0.15, 0.2) is 0 Å². The Bertz CT molecular complexity index is 3440. The van der Waals surface area contributed by atoms with Crippen molar-refractivity contribution in [1.82, 2.24) is 30.4 Å². The van der Waals surface area contributed by atoms with E-state index in [0.717, 1.165) is 80.3 Å². The van der Waals surface area contributed by atoms with Crippen LogP contribution >= 0.6 is 11.3 Å². The molecule has 9 rings (SSSR count). The standard InChI is InChI=1S/C68H85N7O13S/c1-8-73(53-19-21-82-22-20-53)59-35-52(34-57(46(59)6)64(77)70-39-58-44(4)33-45(5)72-65(58)78)48-15-17-55(18-16-48)87-31-29-85-27-25-83-23-24-84-26-28-86-30-32-88-61-36-49(63-47(7)71-42-89-63)13-14-50(61)38-69-66(79)60-37-54(76)41-74(60)68(81)62(43(2)3)75-40-51-11-9-10-12-56(51)67(75)80/h9-18,33-36,42-43,53-54,60,62,76H,8,19-32,37-41H2,1-7H3,(H,69,79)(H,70,77)(H,72,78)/t54-,60+,62?/m1/s1. The van der Waals surface area contributed by atoms with Gasteiger partial charge in [0, 0.05) is 92.0 Å².